The number of aliphatic hydroxyl groups is 1. The van der Waals surface area contributed by atoms with Crippen molar-refractivity contribution in [2.24, 2.45) is 11.7 Å². The van der Waals surface area contributed by atoms with Crippen LogP contribution in [0.4, 0.5) is 0 Å². The summed E-state index contributed by atoms with van der Waals surface area (Å²) in [6.07, 6.45) is -0.701. The summed E-state index contributed by atoms with van der Waals surface area (Å²) in [5.41, 5.74) is 6.62. The first kappa shape index (κ1) is 29.2. The molecule has 0 bridgehead atoms. The summed E-state index contributed by atoms with van der Waals surface area (Å²) in [5, 5.41) is 35.9. The molecule has 0 aliphatic heterocycles. The summed E-state index contributed by atoms with van der Waals surface area (Å²) in [6, 6.07) is 1.31. The Balaban J connectivity index is 2.91. The average molecular weight is 499 g/mol. The number of carboxylic acids is 1. The fraction of sp³-hybridized carbons (Fsp3) is 0.545. The number of carbonyl (C=O) groups excluding carboxylic acids is 3. The highest BCUT2D eigenvalue weighted by molar-refractivity contribution is 7.80. The lowest BCUT2D eigenvalue weighted by molar-refractivity contribution is -0.142. The monoisotopic (exact) mass is 498 g/mol. The van der Waals surface area contributed by atoms with Crippen LogP contribution in [0.3, 0.4) is 0 Å². The van der Waals surface area contributed by atoms with Crippen LogP contribution in [0.5, 0.6) is 5.75 Å². The van der Waals surface area contributed by atoms with Crippen LogP contribution in [0.15, 0.2) is 24.3 Å². The lowest BCUT2D eigenvalue weighted by atomic mass is 9.97. The number of aliphatic hydroxyl groups excluding tert-OH is 1. The van der Waals surface area contributed by atoms with Crippen molar-refractivity contribution in [3.05, 3.63) is 29.8 Å². The van der Waals surface area contributed by atoms with Crippen LogP contribution in [0.2, 0.25) is 0 Å². The smallest absolute Gasteiger partial charge is 0.327 e. The number of nitrogens with one attached hydrogen (secondary N) is 3. The molecule has 6 atom stereocenters. The summed E-state index contributed by atoms with van der Waals surface area (Å²) in [5.74, 6) is -3.96. The third-order valence-corrected chi connectivity index (χ3v) is 5.75. The van der Waals surface area contributed by atoms with Gasteiger partial charge in [0.2, 0.25) is 17.7 Å². The van der Waals surface area contributed by atoms with E-state index in [1.165, 1.54) is 19.1 Å². The molecule has 0 aliphatic rings. The first-order valence-electron chi connectivity index (χ1n) is 10.9. The molecule has 0 heterocycles. The normalized spacial score (nSPS) is 16.3. The number of carboxylic acid groups (broad SMARTS) is 1. The predicted octanol–water partition coefficient (Wildman–Crippen LogP) is -0.842. The SMILES string of the molecule is CCC(C)C(NC(=O)C(NC(=O)C(N)Cc1ccc(O)cc1)C(C)O)C(=O)NC(CS)C(=O)O. The first-order chi connectivity index (χ1) is 15.9. The Morgan fingerprint density at radius 3 is 1.97 bits per heavy atom. The van der Waals surface area contributed by atoms with Crippen LogP contribution in [-0.4, -0.2) is 75.0 Å². The van der Waals surface area contributed by atoms with E-state index in [4.69, 9.17) is 10.8 Å². The van der Waals surface area contributed by atoms with Gasteiger partial charge >= 0.3 is 5.97 Å². The van der Waals surface area contributed by atoms with Gasteiger partial charge in [-0.3, -0.25) is 14.4 Å². The Kier molecular flexibility index (Phi) is 11.8. The van der Waals surface area contributed by atoms with E-state index in [1.54, 1.807) is 26.0 Å². The van der Waals surface area contributed by atoms with Gasteiger partial charge < -0.3 is 37.0 Å². The molecular formula is C22H34N4O7S. The summed E-state index contributed by atoms with van der Waals surface area (Å²) in [7, 11) is 0. The number of amides is 3. The molecule has 0 spiro atoms. The molecule has 1 aromatic carbocycles. The molecule has 1 aromatic rings. The minimum absolute atomic E-state index is 0.0663. The van der Waals surface area contributed by atoms with Crippen molar-refractivity contribution >= 4 is 36.3 Å². The molecule has 0 aliphatic carbocycles. The van der Waals surface area contributed by atoms with Gasteiger partial charge in [-0.05, 0) is 37.0 Å². The highest BCUT2D eigenvalue weighted by atomic mass is 32.1. The maximum atomic E-state index is 12.9. The molecule has 6 unspecified atom stereocenters. The molecule has 11 nitrogen and oxygen atoms in total. The van der Waals surface area contributed by atoms with E-state index in [0.29, 0.717) is 12.0 Å². The zero-order valence-electron chi connectivity index (χ0n) is 19.4. The number of phenols is 1. The van der Waals surface area contributed by atoms with Crippen molar-refractivity contribution in [1.29, 1.82) is 0 Å². The molecule has 8 N–H and O–H groups in total. The lowest BCUT2D eigenvalue weighted by Gasteiger charge is -2.28. The predicted molar refractivity (Wildman–Crippen MR) is 128 cm³/mol. The topological polar surface area (TPSA) is 191 Å². The molecule has 0 aromatic heterocycles. The highest BCUT2D eigenvalue weighted by Crippen LogP contribution is 2.12. The van der Waals surface area contributed by atoms with Crippen molar-refractivity contribution in [3.8, 4) is 5.75 Å². The van der Waals surface area contributed by atoms with E-state index in [9.17, 15) is 29.4 Å². The fourth-order valence-corrected chi connectivity index (χ4v) is 3.28. The molecule has 12 heteroatoms. The largest absolute Gasteiger partial charge is 0.508 e. The lowest BCUT2D eigenvalue weighted by Crippen LogP contribution is -2.61. The molecule has 0 saturated carbocycles. The van der Waals surface area contributed by atoms with Crippen LogP contribution < -0.4 is 21.7 Å². The minimum atomic E-state index is -1.40. The van der Waals surface area contributed by atoms with Crippen molar-refractivity contribution in [1.82, 2.24) is 16.0 Å². The number of aromatic hydroxyl groups is 1. The second kappa shape index (κ2) is 13.8. The molecule has 0 fully saturated rings. The second-order valence-electron chi connectivity index (χ2n) is 8.16. The van der Waals surface area contributed by atoms with Crippen LogP contribution in [0.1, 0.15) is 32.8 Å². The number of hydrogen-bond donors (Lipinski definition) is 8. The molecule has 190 valence electrons. The van der Waals surface area contributed by atoms with E-state index in [2.05, 4.69) is 28.6 Å². The van der Waals surface area contributed by atoms with Crippen LogP contribution in [-0.2, 0) is 25.6 Å². The Labute approximate surface area is 203 Å². The van der Waals surface area contributed by atoms with Crippen molar-refractivity contribution in [2.45, 2.75) is 63.9 Å². The van der Waals surface area contributed by atoms with Gasteiger partial charge in [-0.15, -0.1) is 0 Å². The number of hydrogen-bond acceptors (Lipinski definition) is 8. The zero-order chi connectivity index (χ0) is 26.0. The van der Waals surface area contributed by atoms with Gasteiger partial charge in [0.25, 0.3) is 0 Å². The van der Waals surface area contributed by atoms with E-state index in [-0.39, 0.29) is 23.8 Å². The summed E-state index contributed by atoms with van der Waals surface area (Å²) < 4.78 is 0. The zero-order valence-corrected chi connectivity index (χ0v) is 20.3. The van der Waals surface area contributed by atoms with Gasteiger partial charge in [0, 0.05) is 5.75 Å². The third kappa shape index (κ3) is 8.84. The molecule has 34 heavy (non-hydrogen) atoms. The highest BCUT2D eigenvalue weighted by Gasteiger charge is 2.34. The summed E-state index contributed by atoms with van der Waals surface area (Å²) in [6.45, 7) is 4.79. The van der Waals surface area contributed by atoms with E-state index < -0.39 is 54.0 Å². The van der Waals surface area contributed by atoms with E-state index in [1.807, 2.05) is 0 Å². The number of nitrogens with two attached hydrogens (primary N) is 1. The van der Waals surface area contributed by atoms with Gasteiger partial charge in [0.15, 0.2) is 0 Å². The molecule has 1 rings (SSSR count). The van der Waals surface area contributed by atoms with Crippen molar-refractivity contribution in [3.63, 3.8) is 0 Å². The second-order valence-corrected chi connectivity index (χ2v) is 8.52. The minimum Gasteiger partial charge on any atom is -0.508 e. The first-order valence-corrected chi connectivity index (χ1v) is 11.5. The Hall–Kier alpha value is -2.83. The Morgan fingerprint density at radius 2 is 1.50 bits per heavy atom. The number of benzene rings is 1. The van der Waals surface area contributed by atoms with E-state index in [0.717, 1.165) is 0 Å². The van der Waals surface area contributed by atoms with Crippen LogP contribution >= 0.6 is 12.6 Å². The standard InChI is InChI=1S/C22H34N4O7S/c1-4-11(2)17(20(30)24-16(10-34)22(32)33)25-21(31)18(12(3)27)26-19(29)15(23)9-13-5-7-14(28)8-6-13/h5-8,11-12,15-18,27-28,34H,4,9-10,23H2,1-3H3,(H,24,30)(H,25,31)(H,26,29)(H,32,33). The Morgan fingerprint density at radius 1 is 0.971 bits per heavy atom. The van der Waals surface area contributed by atoms with Gasteiger partial charge in [-0.25, -0.2) is 4.79 Å². The van der Waals surface area contributed by atoms with Crippen molar-refractivity contribution in [2.75, 3.05) is 5.75 Å². The molecular weight excluding hydrogens is 464 g/mol. The summed E-state index contributed by atoms with van der Waals surface area (Å²) in [4.78, 5) is 49.4. The third-order valence-electron chi connectivity index (χ3n) is 5.38. The number of phenolic OH excluding ortho intramolecular Hbond substituents is 1. The quantitative estimate of drug-likeness (QED) is 0.161. The van der Waals surface area contributed by atoms with Crippen LogP contribution in [0.25, 0.3) is 0 Å². The maximum absolute atomic E-state index is 12.9. The van der Waals surface area contributed by atoms with Gasteiger partial charge in [-0.1, -0.05) is 32.4 Å². The number of thiol groups is 1. The summed E-state index contributed by atoms with van der Waals surface area (Å²) >= 11 is 3.91. The Bertz CT molecular complexity index is 850. The van der Waals surface area contributed by atoms with Crippen molar-refractivity contribution < 1.29 is 34.5 Å². The van der Waals surface area contributed by atoms with Gasteiger partial charge in [0.05, 0.1) is 12.1 Å². The molecule has 0 saturated heterocycles. The van der Waals surface area contributed by atoms with E-state index >= 15 is 0 Å². The molecule has 0 radical (unpaired) electrons. The van der Waals surface area contributed by atoms with Crippen LogP contribution in [0, 0.1) is 5.92 Å². The molecule has 3 amide bonds. The average Bonchev–Trinajstić information content (AvgIpc) is 2.79. The number of carbonyl (C=O) groups is 4. The van der Waals surface area contributed by atoms with Gasteiger partial charge in [0.1, 0.15) is 23.9 Å². The van der Waals surface area contributed by atoms with Gasteiger partial charge in [-0.2, -0.15) is 12.6 Å². The fourth-order valence-electron chi connectivity index (χ4n) is 3.04. The maximum Gasteiger partial charge on any atom is 0.327 e. The number of rotatable bonds is 13. The number of aliphatic carboxylic acids is 1.